The maximum Gasteiger partial charge on any atom is 0.0508 e. The molecule has 0 aliphatic heterocycles. The molecule has 0 aromatic heterocycles. The molecular weight excluding hydrogens is 232 g/mol. The summed E-state index contributed by atoms with van der Waals surface area (Å²) in [5.41, 5.74) is 7.23. The molecule has 96 valence electrons. The molecule has 0 saturated carbocycles. The molecule has 1 rings (SSSR count). The summed E-state index contributed by atoms with van der Waals surface area (Å²) in [5.74, 6) is 0.615. The van der Waals surface area contributed by atoms with E-state index in [0.717, 1.165) is 17.1 Å². The van der Waals surface area contributed by atoms with Crippen molar-refractivity contribution in [2.24, 2.45) is 11.7 Å². The summed E-state index contributed by atoms with van der Waals surface area (Å²) in [5, 5.41) is 0.797. The third-order valence-corrected chi connectivity index (χ3v) is 3.19. The van der Waals surface area contributed by atoms with Crippen LogP contribution in [0.3, 0.4) is 0 Å². The van der Waals surface area contributed by atoms with Crippen LogP contribution in [0, 0.1) is 5.92 Å². The van der Waals surface area contributed by atoms with Crippen molar-refractivity contribution in [3.8, 4) is 0 Å². The number of nitrogens with zero attached hydrogens (tertiary/aromatic N) is 1. The van der Waals surface area contributed by atoms with Gasteiger partial charge in [-0.1, -0.05) is 43.6 Å². The van der Waals surface area contributed by atoms with Crippen LogP contribution in [-0.4, -0.2) is 24.5 Å². The predicted octanol–water partition coefficient (Wildman–Crippen LogP) is 3.32. The van der Waals surface area contributed by atoms with Crippen LogP contribution in [0.4, 0.5) is 0 Å². The number of rotatable bonds is 5. The van der Waals surface area contributed by atoms with Gasteiger partial charge in [0.05, 0.1) is 6.04 Å². The van der Waals surface area contributed by atoms with Crippen LogP contribution in [0.15, 0.2) is 24.3 Å². The van der Waals surface area contributed by atoms with E-state index in [1.165, 1.54) is 0 Å². The van der Waals surface area contributed by atoms with Gasteiger partial charge in [0.1, 0.15) is 0 Å². The highest BCUT2D eigenvalue weighted by Gasteiger charge is 2.23. The summed E-state index contributed by atoms with van der Waals surface area (Å²) in [6, 6.07) is 8.18. The highest BCUT2D eigenvalue weighted by molar-refractivity contribution is 6.31. The highest BCUT2D eigenvalue weighted by atomic mass is 35.5. The number of benzene rings is 1. The molecule has 17 heavy (non-hydrogen) atoms. The van der Waals surface area contributed by atoms with Crippen LogP contribution < -0.4 is 5.73 Å². The Balaban J connectivity index is 2.97. The lowest BCUT2D eigenvalue weighted by Gasteiger charge is -2.33. The van der Waals surface area contributed by atoms with E-state index >= 15 is 0 Å². The first kappa shape index (κ1) is 14.5. The number of hydrogen-bond donors (Lipinski definition) is 1. The second kappa shape index (κ2) is 6.39. The second-order valence-electron chi connectivity index (χ2n) is 5.16. The normalized spacial score (nSPS) is 15.3. The lowest BCUT2D eigenvalue weighted by Crippen LogP contribution is -2.39. The van der Waals surface area contributed by atoms with Gasteiger partial charge in [-0.05, 0) is 31.5 Å². The van der Waals surface area contributed by atoms with E-state index in [1.54, 1.807) is 0 Å². The molecule has 2 nitrogen and oxygen atoms in total. The smallest absolute Gasteiger partial charge is 0.0508 e. The first-order valence-corrected chi connectivity index (χ1v) is 6.51. The number of hydrogen-bond acceptors (Lipinski definition) is 2. The maximum absolute atomic E-state index is 6.26. The van der Waals surface area contributed by atoms with Crippen LogP contribution in [0.1, 0.15) is 32.4 Å². The first-order valence-electron chi connectivity index (χ1n) is 6.13. The van der Waals surface area contributed by atoms with Gasteiger partial charge in [-0.15, -0.1) is 0 Å². The largest absolute Gasteiger partial charge is 0.326 e. The lowest BCUT2D eigenvalue weighted by atomic mass is 9.98. The van der Waals surface area contributed by atoms with Gasteiger partial charge in [-0.2, -0.15) is 0 Å². The molecule has 0 spiro atoms. The van der Waals surface area contributed by atoms with Gasteiger partial charge in [0, 0.05) is 17.6 Å². The fraction of sp³-hybridized carbons (Fsp3) is 0.571. The standard InChI is InChI=1S/C14H23ClN2/c1-10(2)9-17(4)14(11(3)16)12-7-5-6-8-13(12)15/h5-8,10-11,14H,9,16H2,1-4H3. The minimum absolute atomic E-state index is 0.0543. The molecule has 0 amide bonds. The predicted molar refractivity (Wildman–Crippen MR) is 75.3 cm³/mol. The van der Waals surface area contributed by atoms with Crippen LogP contribution in [0.25, 0.3) is 0 Å². The van der Waals surface area contributed by atoms with Crippen molar-refractivity contribution in [3.05, 3.63) is 34.9 Å². The molecule has 0 aliphatic rings. The Morgan fingerprint density at radius 2 is 1.82 bits per heavy atom. The van der Waals surface area contributed by atoms with Crippen molar-refractivity contribution in [2.75, 3.05) is 13.6 Å². The molecule has 0 aliphatic carbocycles. The summed E-state index contributed by atoms with van der Waals surface area (Å²) >= 11 is 6.26. The Morgan fingerprint density at radius 1 is 1.24 bits per heavy atom. The van der Waals surface area contributed by atoms with Gasteiger partial charge in [0.25, 0.3) is 0 Å². The van der Waals surface area contributed by atoms with Crippen molar-refractivity contribution in [3.63, 3.8) is 0 Å². The molecule has 0 bridgehead atoms. The maximum atomic E-state index is 6.26. The number of likely N-dealkylation sites (N-methyl/N-ethyl adjacent to an activating group) is 1. The van der Waals surface area contributed by atoms with Gasteiger partial charge >= 0.3 is 0 Å². The molecule has 2 N–H and O–H groups in total. The van der Waals surface area contributed by atoms with E-state index in [-0.39, 0.29) is 12.1 Å². The quantitative estimate of drug-likeness (QED) is 0.874. The Labute approximate surface area is 110 Å². The fourth-order valence-corrected chi connectivity index (χ4v) is 2.57. The van der Waals surface area contributed by atoms with Gasteiger partial charge in [0.15, 0.2) is 0 Å². The Hall–Kier alpha value is -0.570. The fourth-order valence-electron chi connectivity index (χ4n) is 2.33. The Bertz CT molecular complexity index is 350. The molecule has 0 heterocycles. The van der Waals surface area contributed by atoms with E-state index in [0.29, 0.717) is 5.92 Å². The molecule has 1 aromatic rings. The van der Waals surface area contributed by atoms with E-state index in [9.17, 15) is 0 Å². The summed E-state index contributed by atoms with van der Waals surface area (Å²) in [7, 11) is 2.11. The zero-order valence-corrected chi connectivity index (χ0v) is 11.9. The van der Waals surface area contributed by atoms with Gasteiger partial charge < -0.3 is 5.73 Å². The van der Waals surface area contributed by atoms with Crippen molar-refractivity contribution in [2.45, 2.75) is 32.9 Å². The average molecular weight is 255 g/mol. The van der Waals surface area contributed by atoms with Gasteiger partial charge in [0.2, 0.25) is 0 Å². The first-order chi connectivity index (χ1) is 7.93. The Morgan fingerprint density at radius 3 is 2.29 bits per heavy atom. The molecule has 0 radical (unpaired) electrons. The summed E-state index contributed by atoms with van der Waals surface area (Å²) < 4.78 is 0. The molecular formula is C14H23ClN2. The van der Waals surface area contributed by atoms with Crippen LogP contribution in [0.2, 0.25) is 5.02 Å². The number of nitrogens with two attached hydrogens (primary N) is 1. The molecule has 0 fully saturated rings. The molecule has 0 saturated heterocycles. The van der Waals surface area contributed by atoms with Gasteiger partial charge in [-0.3, -0.25) is 4.90 Å². The molecule has 1 aromatic carbocycles. The van der Waals surface area contributed by atoms with Crippen molar-refractivity contribution < 1.29 is 0 Å². The summed E-state index contributed by atoms with van der Waals surface area (Å²) in [4.78, 5) is 2.29. The molecule has 3 heteroatoms. The van der Waals surface area contributed by atoms with E-state index < -0.39 is 0 Å². The van der Waals surface area contributed by atoms with E-state index in [4.69, 9.17) is 17.3 Å². The van der Waals surface area contributed by atoms with Crippen molar-refractivity contribution in [1.82, 2.24) is 4.90 Å². The third kappa shape index (κ3) is 3.98. The minimum atomic E-state index is 0.0543. The lowest BCUT2D eigenvalue weighted by molar-refractivity contribution is 0.197. The van der Waals surface area contributed by atoms with E-state index in [2.05, 4.69) is 31.9 Å². The highest BCUT2D eigenvalue weighted by Crippen LogP contribution is 2.29. The second-order valence-corrected chi connectivity index (χ2v) is 5.57. The van der Waals surface area contributed by atoms with E-state index in [1.807, 2.05) is 25.1 Å². The monoisotopic (exact) mass is 254 g/mol. The van der Waals surface area contributed by atoms with Crippen molar-refractivity contribution >= 4 is 11.6 Å². The zero-order chi connectivity index (χ0) is 13.0. The SMILES string of the molecule is CC(C)CN(C)C(c1ccccc1Cl)C(C)N. The van der Waals surface area contributed by atoms with Gasteiger partial charge in [-0.25, -0.2) is 0 Å². The molecule has 2 unspecified atom stereocenters. The molecule has 2 atom stereocenters. The van der Waals surface area contributed by atoms with Crippen LogP contribution in [-0.2, 0) is 0 Å². The number of halogens is 1. The van der Waals surface area contributed by atoms with Crippen LogP contribution in [0.5, 0.6) is 0 Å². The summed E-state index contributed by atoms with van der Waals surface area (Å²) in [6.45, 7) is 7.46. The Kier molecular flexibility index (Phi) is 5.44. The topological polar surface area (TPSA) is 29.3 Å². The third-order valence-electron chi connectivity index (χ3n) is 2.85. The van der Waals surface area contributed by atoms with Crippen LogP contribution >= 0.6 is 11.6 Å². The zero-order valence-electron chi connectivity index (χ0n) is 11.2. The summed E-state index contributed by atoms with van der Waals surface area (Å²) in [6.07, 6.45) is 0. The minimum Gasteiger partial charge on any atom is -0.326 e. The average Bonchev–Trinajstić information content (AvgIpc) is 2.19. The van der Waals surface area contributed by atoms with Crippen molar-refractivity contribution in [1.29, 1.82) is 0 Å².